The molecule has 0 bridgehead atoms. The minimum atomic E-state index is -0.441. The van der Waals surface area contributed by atoms with E-state index in [0.717, 1.165) is 29.4 Å². The first kappa shape index (κ1) is 16.3. The fraction of sp³-hybridized carbons (Fsp3) is 0.250. The first-order valence-electron chi connectivity index (χ1n) is 8.58. The number of phenols is 1. The lowest BCUT2D eigenvalue weighted by atomic mass is 9.82. The molecule has 0 saturated heterocycles. The second kappa shape index (κ2) is 5.42. The van der Waals surface area contributed by atoms with Crippen molar-refractivity contribution in [3.8, 4) is 11.4 Å². The Hall–Kier alpha value is -3.15. The maximum Gasteiger partial charge on any atom is 0.342 e. The third kappa shape index (κ3) is 2.22. The lowest BCUT2D eigenvalue weighted by Gasteiger charge is -2.23. The van der Waals surface area contributed by atoms with Gasteiger partial charge in [-0.1, -0.05) is 33.4 Å². The predicted octanol–water partition coefficient (Wildman–Crippen LogP) is 4.11. The fourth-order valence-electron chi connectivity index (χ4n) is 3.13. The van der Waals surface area contributed by atoms with E-state index in [1.165, 1.54) is 5.56 Å². The summed E-state index contributed by atoms with van der Waals surface area (Å²) in [7, 11) is 0. The van der Waals surface area contributed by atoms with Gasteiger partial charge in [0.25, 0.3) is 0 Å². The summed E-state index contributed by atoms with van der Waals surface area (Å²) in [5.74, 6) is -0.226. The van der Waals surface area contributed by atoms with Crippen LogP contribution in [0.5, 0.6) is 5.75 Å². The number of esters is 1. The molecule has 2 heterocycles. The van der Waals surface area contributed by atoms with Gasteiger partial charge in [-0.25, -0.2) is 4.79 Å². The van der Waals surface area contributed by atoms with Gasteiger partial charge in [-0.2, -0.15) is 0 Å². The molecule has 0 saturated carbocycles. The van der Waals surface area contributed by atoms with Gasteiger partial charge >= 0.3 is 5.97 Å². The van der Waals surface area contributed by atoms with Crippen molar-refractivity contribution >= 4 is 17.0 Å². The Morgan fingerprint density at radius 3 is 2.62 bits per heavy atom. The normalized spacial score (nSPS) is 12.3. The van der Waals surface area contributed by atoms with E-state index in [-0.39, 0.29) is 11.2 Å². The largest absolute Gasteiger partial charge is 0.506 e. The monoisotopic (exact) mass is 351 g/mol. The predicted molar refractivity (Wildman–Crippen MR) is 99.5 cm³/mol. The zero-order valence-electron chi connectivity index (χ0n) is 15.1. The van der Waals surface area contributed by atoms with Gasteiger partial charge in [0.1, 0.15) is 22.5 Å². The quantitative estimate of drug-likeness (QED) is 0.435. The molecule has 0 fully saturated rings. The molecule has 2 aromatic carbocycles. The maximum absolute atomic E-state index is 11.9. The first-order valence-corrected chi connectivity index (χ1v) is 8.58. The number of hydrogen-bond donors (Lipinski definition) is 1. The van der Waals surface area contributed by atoms with Crippen LogP contribution < -0.4 is 0 Å². The number of carbonyl (C=O) groups excluding carboxylic acids is 1. The highest BCUT2D eigenvalue weighted by atomic mass is 16.5. The molecule has 0 aliphatic heterocycles. The van der Waals surface area contributed by atoms with E-state index < -0.39 is 5.97 Å². The molecule has 0 radical (unpaired) electrons. The molecule has 0 atom stereocenters. The molecule has 0 amide bonds. The highest BCUT2D eigenvalue weighted by Crippen LogP contribution is 2.35. The van der Waals surface area contributed by atoms with Gasteiger partial charge in [-0.15, -0.1) is 14.1 Å². The second-order valence-electron chi connectivity index (χ2n) is 7.08. The van der Waals surface area contributed by atoms with Crippen LogP contribution in [0.15, 0.2) is 49.2 Å². The number of benzene rings is 2. The SMILES string of the molecule is C=COC(=O)c1ccc2c(c1)n1n(-c3cc(C(C)(C)CC)ccc3O)n21. The molecule has 0 aliphatic carbocycles. The number of aromatic hydroxyl groups is 1. The Balaban J connectivity index is 1.79. The average Bonchev–Trinajstić information content (AvgIpc) is 3.28. The number of fused-ring (bicyclic) bond motifs is 4. The van der Waals surface area contributed by atoms with Gasteiger partial charge in [0.15, 0.2) is 0 Å². The summed E-state index contributed by atoms with van der Waals surface area (Å²) >= 11 is 0. The summed E-state index contributed by atoms with van der Waals surface area (Å²) < 4.78 is 8.67. The third-order valence-corrected chi connectivity index (χ3v) is 5.20. The van der Waals surface area contributed by atoms with E-state index in [0.29, 0.717) is 5.56 Å². The zero-order chi connectivity index (χ0) is 18.6. The van der Waals surface area contributed by atoms with E-state index in [1.807, 2.05) is 32.3 Å². The molecular weight excluding hydrogens is 330 g/mol. The number of ether oxygens (including phenoxy) is 1. The molecular formula is C20H21N3O3. The van der Waals surface area contributed by atoms with Gasteiger partial charge in [0.2, 0.25) is 0 Å². The zero-order valence-corrected chi connectivity index (χ0v) is 15.1. The van der Waals surface area contributed by atoms with Crippen LogP contribution in [0, 0.1) is 0 Å². The van der Waals surface area contributed by atoms with Gasteiger partial charge in [-0.3, -0.25) is 0 Å². The Kier molecular flexibility index (Phi) is 3.41. The number of aromatic nitrogens is 3. The summed E-state index contributed by atoms with van der Waals surface area (Å²) in [6.07, 6.45) is 2.12. The first-order chi connectivity index (χ1) is 12.4. The highest BCUT2D eigenvalue weighted by molar-refractivity contribution is 5.94. The van der Waals surface area contributed by atoms with E-state index >= 15 is 0 Å². The Bertz CT molecular complexity index is 1130. The molecule has 134 valence electrons. The average molecular weight is 351 g/mol. The van der Waals surface area contributed by atoms with Crippen LogP contribution in [0.3, 0.4) is 0 Å². The van der Waals surface area contributed by atoms with Crippen LogP contribution in [0.1, 0.15) is 43.1 Å². The molecule has 0 unspecified atom stereocenters. The van der Waals surface area contributed by atoms with E-state index in [9.17, 15) is 9.90 Å². The third-order valence-electron chi connectivity index (χ3n) is 5.20. The van der Waals surface area contributed by atoms with Crippen molar-refractivity contribution < 1.29 is 14.6 Å². The van der Waals surface area contributed by atoms with Crippen molar-refractivity contribution in [3.05, 3.63) is 60.4 Å². The highest BCUT2D eigenvalue weighted by Gasteiger charge is 2.28. The molecule has 1 N–H and O–H groups in total. The number of hydrogen-bond acceptors (Lipinski definition) is 3. The molecule has 2 aromatic heterocycles. The van der Waals surface area contributed by atoms with Crippen molar-refractivity contribution in [1.29, 1.82) is 0 Å². The smallest absolute Gasteiger partial charge is 0.342 e. The minimum Gasteiger partial charge on any atom is -0.506 e. The van der Waals surface area contributed by atoms with Crippen LogP contribution in [0.4, 0.5) is 0 Å². The summed E-state index contributed by atoms with van der Waals surface area (Å²) in [5.41, 5.74) is 4.23. The molecule has 6 nitrogen and oxygen atoms in total. The number of phenolic OH excluding ortho intramolecular Hbond substituents is 1. The fourth-order valence-corrected chi connectivity index (χ4v) is 3.13. The van der Waals surface area contributed by atoms with Crippen LogP contribution in [-0.2, 0) is 10.2 Å². The van der Waals surface area contributed by atoms with Crippen molar-refractivity contribution in [3.63, 3.8) is 0 Å². The van der Waals surface area contributed by atoms with Gasteiger partial charge in [0, 0.05) is 0 Å². The summed E-state index contributed by atoms with van der Waals surface area (Å²) in [5, 5.41) is 10.4. The van der Waals surface area contributed by atoms with E-state index in [2.05, 4.69) is 27.4 Å². The summed E-state index contributed by atoms with van der Waals surface area (Å²) in [6.45, 7) is 9.93. The molecule has 6 heteroatoms. The summed E-state index contributed by atoms with van der Waals surface area (Å²) in [4.78, 5) is 13.8. The molecule has 4 aromatic rings. The van der Waals surface area contributed by atoms with E-state index in [4.69, 9.17) is 4.74 Å². The Morgan fingerprint density at radius 1 is 1.19 bits per heavy atom. The number of carbonyl (C=O) groups is 1. The van der Waals surface area contributed by atoms with E-state index in [1.54, 1.807) is 18.2 Å². The molecule has 0 aliphatic rings. The van der Waals surface area contributed by atoms with Gasteiger partial charge < -0.3 is 9.84 Å². The van der Waals surface area contributed by atoms with Crippen molar-refractivity contribution in [2.45, 2.75) is 32.6 Å². The van der Waals surface area contributed by atoms with Crippen molar-refractivity contribution in [1.82, 2.24) is 14.1 Å². The van der Waals surface area contributed by atoms with Crippen LogP contribution in [0.2, 0.25) is 0 Å². The summed E-state index contributed by atoms with van der Waals surface area (Å²) in [6, 6.07) is 11.1. The van der Waals surface area contributed by atoms with Crippen LogP contribution >= 0.6 is 0 Å². The molecule has 4 rings (SSSR count). The van der Waals surface area contributed by atoms with Crippen molar-refractivity contribution in [2.24, 2.45) is 0 Å². The van der Waals surface area contributed by atoms with Gasteiger partial charge in [-0.05, 0) is 47.7 Å². The van der Waals surface area contributed by atoms with Crippen molar-refractivity contribution in [2.75, 3.05) is 0 Å². The Morgan fingerprint density at radius 2 is 1.92 bits per heavy atom. The standard InChI is InChI=1S/C20H21N3O3/c1-5-20(3,4)14-8-10-18(24)17(12-14)23-21-15-9-7-13(19(25)26-6-2)11-16(15)22(21)23/h6-12,24H,2,5H2,1,3-4H3. The Labute approximate surface area is 150 Å². The van der Waals surface area contributed by atoms with Crippen LogP contribution in [-0.4, -0.2) is 25.1 Å². The van der Waals surface area contributed by atoms with Gasteiger partial charge in [0.05, 0.1) is 11.8 Å². The molecule has 0 spiro atoms. The number of rotatable bonds is 5. The molecule has 26 heavy (non-hydrogen) atoms. The minimum absolute atomic E-state index is 0.0244. The maximum atomic E-state index is 11.9. The van der Waals surface area contributed by atoms with Crippen LogP contribution in [0.25, 0.3) is 16.7 Å². The second-order valence-corrected chi connectivity index (χ2v) is 7.08. The topological polar surface area (TPSA) is 60.3 Å². The lowest BCUT2D eigenvalue weighted by Crippen LogP contribution is -2.15. The number of nitrogens with zero attached hydrogens (tertiary/aromatic N) is 3. The lowest BCUT2D eigenvalue weighted by molar-refractivity contribution is 0.0664.